The fourth-order valence-electron chi connectivity index (χ4n) is 2.58. The maximum atomic E-state index is 4.54. The van der Waals surface area contributed by atoms with E-state index in [1.54, 1.807) is 12.4 Å². The van der Waals surface area contributed by atoms with E-state index in [9.17, 15) is 0 Å². The van der Waals surface area contributed by atoms with Crippen LogP contribution in [0.2, 0.25) is 0 Å². The molecule has 1 aromatic rings. The van der Waals surface area contributed by atoms with Crippen molar-refractivity contribution in [1.82, 2.24) is 15.3 Å². The quantitative estimate of drug-likeness (QED) is 0.805. The van der Waals surface area contributed by atoms with Crippen molar-refractivity contribution in [3.8, 4) is 0 Å². The number of hydrogen-bond donors (Lipinski definition) is 1. The van der Waals surface area contributed by atoms with Crippen molar-refractivity contribution < 1.29 is 0 Å². The van der Waals surface area contributed by atoms with Gasteiger partial charge in [-0.3, -0.25) is 0 Å². The van der Waals surface area contributed by atoms with Crippen molar-refractivity contribution >= 4 is 11.6 Å². The van der Waals surface area contributed by atoms with Gasteiger partial charge in [0, 0.05) is 51.7 Å². The highest BCUT2D eigenvalue weighted by molar-refractivity contribution is 5.62. The van der Waals surface area contributed by atoms with Crippen LogP contribution in [0.25, 0.3) is 0 Å². The van der Waals surface area contributed by atoms with Crippen molar-refractivity contribution in [1.29, 1.82) is 0 Å². The first kappa shape index (κ1) is 10.8. The Balaban J connectivity index is 1.86. The molecular weight excluding hydrogens is 214 g/mol. The van der Waals surface area contributed by atoms with Crippen LogP contribution in [-0.4, -0.2) is 49.2 Å². The Morgan fingerprint density at radius 1 is 0.824 bits per heavy atom. The third-order valence-corrected chi connectivity index (χ3v) is 3.48. The summed E-state index contributed by atoms with van der Waals surface area (Å²) in [6.45, 7) is 6.38. The number of hydrogen-bond acceptors (Lipinski definition) is 5. The normalized spacial score (nSPS) is 20.9. The van der Waals surface area contributed by atoms with Gasteiger partial charge in [0.15, 0.2) is 11.6 Å². The summed E-state index contributed by atoms with van der Waals surface area (Å²) in [5.74, 6) is 2.14. The molecule has 1 aromatic heterocycles. The lowest BCUT2D eigenvalue weighted by atomic mass is 10.3. The summed E-state index contributed by atoms with van der Waals surface area (Å²) in [5, 5.41) is 3.37. The standard InChI is InChI=1S/C12H19N5/c1-2-8-16(7-1)11-12(15-4-3-14-11)17-9-5-13-6-10-17/h3-4,13H,1-2,5-10H2. The fourth-order valence-corrected chi connectivity index (χ4v) is 2.58. The van der Waals surface area contributed by atoms with E-state index in [1.807, 2.05) is 0 Å². The summed E-state index contributed by atoms with van der Waals surface area (Å²) in [5.41, 5.74) is 0. The molecule has 92 valence electrons. The van der Waals surface area contributed by atoms with Gasteiger partial charge in [-0.15, -0.1) is 0 Å². The lowest BCUT2D eigenvalue weighted by Crippen LogP contribution is -2.44. The molecule has 0 spiro atoms. The largest absolute Gasteiger partial charge is 0.354 e. The summed E-state index contributed by atoms with van der Waals surface area (Å²) >= 11 is 0. The zero-order chi connectivity index (χ0) is 11.5. The van der Waals surface area contributed by atoms with Gasteiger partial charge >= 0.3 is 0 Å². The predicted octanol–water partition coefficient (Wildman–Crippen LogP) is 0.486. The zero-order valence-electron chi connectivity index (χ0n) is 10.1. The molecule has 2 aliphatic heterocycles. The minimum absolute atomic E-state index is 1.03. The maximum absolute atomic E-state index is 4.54. The molecule has 0 unspecified atom stereocenters. The Hall–Kier alpha value is -1.36. The molecular formula is C12H19N5. The van der Waals surface area contributed by atoms with Crippen molar-refractivity contribution in [2.24, 2.45) is 0 Å². The predicted molar refractivity (Wildman–Crippen MR) is 68.6 cm³/mol. The molecule has 0 aliphatic carbocycles. The van der Waals surface area contributed by atoms with E-state index in [2.05, 4.69) is 25.1 Å². The van der Waals surface area contributed by atoms with Crippen molar-refractivity contribution in [3.05, 3.63) is 12.4 Å². The molecule has 0 aromatic carbocycles. The average Bonchev–Trinajstić information content (AvgIpc) is 2.94. The van der Waals surface area contributed by atoms with E-state index in [0.717, 1.165) is 50.9 Å². The van der Waals surface area contributed by atoms with Crippen LogP contribution in [0.1, 0.15) is 12.8 Å². The number of anilines is 2. The van der Waals surface area contributed by atoms with Crippen LogP contribution in [0.4, 0.5) is 11.6 Å². The van der Waals surface area contributed by atoms with Gasteiger partial charge in [0.1, 0.15) is 0 Å². The van der Waals surface area contributed by atoms with Crippen LogP contribution in [-0.2, 0) is 0 Å². The van der Waals surface area contributed by atoms with Gasteiger partial charge < -0.3 is 15.1 Å². The number of nitrogens with zero attached hydrogens (tertiary/aromatic N) is 4. The van der Waals surface area contributed by atoms with Gasteiger partial charge in [-0.25, -0.2) is 9.97 Å². The third-order valence-electron chi connectivity index (χ3n) is 3.48. The first-order valence-electron chi connectivity index (χ1n) is 6.47. The molecule has 2 aliphatic rings. The number of nitrogens with one attached hydrogen (secondary N) is 1. The number of aromatic nitrogens is 2. The summed E-state index contributed by atoms with van der Waals surface area (Å²) in [7, 11) is 0. The summed E-state index contributed by atoms with van der Waals surface area (Å²) in [6.07, 6.45) is 6.16. The van der Waals surface area contributed by atoms with Crippen LogP contribution >= 0.6 is 0 Å². The van der Waals surface area contributed by atoms with Crippen LogP contribution < -0.4 is 15.1 Å². The van der Waals surface area contributed by atoms with Gasteiger partial charge in [-0.05, 0) is 12.8 Å². The first-order chi connectivity index (χ1) is 8.45. The summed E-state index contributed by atoms with van der Waals surface area (Å²) in [4.78, 5) is 13.8. The van der Waals surface area contributed by atoms with Crippen molar-refractivity contribution in [3.63, 3.8) is 0 Å². The molecule has 1 N–H and O–H groups in total. The van der Waals surface area contributed by atoms with E-state index in [-0.39, 0.29) is 0 Å². The highest BCUT2D eigenvalue weighted by Crippen LogP contribution is 2.27. The van der Waals surface area contributed by atoms with Gasteiger partial charge in [0.05, 0.1) is 0 Å². The minimum Gasteiger partial charge on any atom is -0.354 e. The molecule has 2 fully saturated rings. The fraction of sp³-hybridized carbons (Fsp3) is 0.667. The Morgan fingerprint density at radius 3 is 1.94 bits per heavy atom. The lowest BCUT2D eigenvalue weighted by molar-refractivity contribution is 0.584. The van der Waals surface area contributed by atoms with Gasteiger partial charge in [-0.1, -0.05) is 0 Å². The molecule has 0 bridgehead atoms. The second kappa shape index (κ2) is 4.87. The summed E-state index contributed by atoms with van der Waals surface area (Å²) in [6, 6.07) is 0. The van der Waals surface area contributed by atoms with E-state index >= 15 is 0 Å². The van der Waals surface area contributed by atoms with E-state index in [1.165, 1.54) is 12.8 Å². The number of piperazine rings is 1. The van der Waals surface area contributed by atoms with Crippen LogP contribution in [0.3, 0.4) is 0 Å². The monoisotopic (exact) mass is 233 g/mol. The molecule has 0 radical (unpaired) electrons. The molecule has 3 rings (SSSR count). The van der Waals surface area contributed by atoms with Crippen LogP contribution in [0.5, 0.6) is 0 Å². The second-order valence-electron chi connectivity index (χ2n) is 4.63. The average molecular weight is 233 g/mol. The number of rotatable bonds is 2. The SMILES string of the molecule is c1cnc(N2CCNCC2)c(N2CCCC2)n1. The molecule has 17 heavy (non-hydrogen) atoms. The molecule has 3 heterocycles. The van der Waals surface area contributed by atoms with E-state index in [4.69, 9.17) is 0 Å². The van der Waals surface area contributed by atoms with Crippen molar-refractivity contribution in [2.75, 3.05) is 49.1 Å². The third kappa shape index (κ3) is 2.20. The van der Waals surface area contributed by atoms with E-state index in [0.29, 0.717) is 0 Å². The minimum atomic E-state index is 1.03. The zero-order valence-corrected chi connectivity index (χ0v) is 10.1. The molecule has 0 atom stereocenters. The second-order valence-corrected chi connectivity index (χ2v) is 4.63. The molecule has 0 amide bonds. The molecule has 2 saturated heterocycles. The maximum Gasteiger partial charge on any atom is 0.172 e. The molecule has 0 saturated carbocycles. The van der Waals surface area contributed by atoms with Crippen molar-refractivity contribution in [2.45, 2.75) is 12.8 Å². The van der Waals surface area contributed by atoms with Gasteiger partial charge in [0.25, 0.3) is 0 Å². The Kier molecular flexibility index (Phi) is 3.09. The Morgan fingerprint density at radius 2 is 1.35 bits per heavy atom. The lowest BCUT2D eigenvalue weighted by Gasteiger charge is -2.31. The molecule has 5 nitrogen and oxygen atoms in total. The topological polar surface area (TPSA) is 44.3 Å². The van der Waals surface area contributed by atoms with Crippen LogP contribution in [0.15, 0.2) is 12.4 Å². The first-order valence-corrected chi connectivity index (χ1v) is 6.47. The Labute approximate surface area is 102 Å². The highest BCUT2D eigenvalue weighted by Gasteiger charge is 2.22. The smallest absolute Gasteiger partial charge is 0.172 e. The molecule has 5 heteroatoms. The Bertz CT molecular complexity index is 369. The van der Waals surface area contributed by atoms with Gasteiger partial charge in [-0.2, -0.15) is 0 Å². The van der Waals surface area contributed by atoms with Gasteiger partial charge in [0.2, 0.25) is 0 Å². The highest BCUT2D eigenvalue weighted by atomic mass is 15.3. The summed E-state index contributed by atoms with van der Waals surface area (Å²) < 4.78 is 0. The van der Waals surface area contributed by atoms with Crippen LogP contribution in [0, 0.1) is 0 Å². The van der Waals surface area contributed by atoms with E-state index < -0.39 is 0 Å².